The molecule has 13 heteroatoms. The van der Waals surface area contributed by atoms with Crippen LogP contribution in [0.3, 0.4) is 0 Å². The molecule has 8 nitrogen and oxygen atoms in total. The number of nitrogens with zero attached hydrogens (tertiary/aromatic N) is 1. The van der Waals surface area contributed by atoms with E-state index in [-0.39, 0.29) is 37.2 Å². The van der Waals surface area contributed by atoms with Crippen LogP contribution in [0.2, 0.25) is 20.1 Å². The summed E-state index contributed by atoms with van der Waals surface area (Å²) in [5.41, 5.74) is 0.713. The summed E-state index contributed by atoms with van der Waals surface area (Å²) >= 11 is 25.6. The smallest absolute Gasteiger partial charge is 0.319 e. The summed E-state index contributed by atoms with van der Waals surface area (Å²) in [5.74, 6) is -4.42. The number of allylic oxidation sites excluding steroid dienone is 1. The van der Waals surface area contributed by atoms with Gasteiger partial charge in [0.15, 0.2) is 5.75 Å². The number of methoxy groups -OCH3 is 1. The highest BCUT2D eigenvalue weighted by molar-refractivity contribution is 8.03. The molecule has 2 atom stereocenters. The van der Waals surface area contributed by atoms with Crippen molar-refractivity contribution in [2.24, 2.45) is 5.92 Å². The first-order valence-electron chi connectivity index (χ1n) is 10.6. The Balaban J connectivity index is 1.97. The topological polar surface area (TPSA) is 118 Å². The molecule has 0 saturated carbocycles. The Morgan fingerprint density at radius 1 is 1.14 bits per heavy atom. The minimum atomic E-state index is -1.39. The Morgan fingerprint density at radius 2 is 1.81 bits per heavy atom. The van der Waals surface area contributed by atoms with E-state index in [4.69, 9.17) is 55.9 Å². The molecule has 2 N–H and O–H groups in total. The van der Waals surface area contributed by atoms with Crippen molar-refractivity contribution in [3.05, 3.63) is 66.6 Å². The highest BCUT2D eigenvalue weighted by Crippen LogP contribution is 2.44. The summed E-state index contributed by atoms with van der Waals surface area (Å²) in [6.45, 7) is 2.07. The first kappa shape index (κ1) is 29.0. The predicted octanol–water partition coefficient (Wildman–Crippen LogP) is 5.81. The van der Waals surface area contributed by atoms with Gasteiger partial charge in [0.1, 0.15) is 5.92 Å². The van der Waals surface area contributed by atoms with Crippen LogP contribution in [-0.2, 0) is 19.1 Å². The fourth-order valence-electron chi connectivity index (χ4n) is 3.64. The molecule has 0 fully saturated rings. The quantitative estimate of drug-likeness (QED) is 0.289. The van der Waals surface area contributed by atoms with Gasteiger partial charge in [0.05, 0.1) is 56.9 Å². The molecule has 0 saturated heterocycles. The van der Waals surface area contributed by atoms with E-state index in [2.05, 4.69) is 16.7 Å². The molecule has 0 aliphatic carbocycles. The zero-order valence-electron chi connectivity index (χ0n) is 19.4. The van der Waals surface area contributed by atoms with Crippen molar-refractivity contribution in [2.45, 2.75) is 12.8 Å². The van der Waals surface area contributed by atoms with Gasteiger partial charge in [0.25, 0.3) is 0 Å². The molecule has 0 bridgehead atoms. The molecular weight excluding hydrogens is 584 g/mol. The Bertz CT molecular complexity index is 1300. The first-order valence-corrected chi connectivity index (χ1v) is 13.1. The molecule has 3 rings (SSSR count). The minimum Gasteiger partial charge on any atom is -0.491 e. The molecule has 37 heavy (non-hydrogen) atoms. The third-order valence-electron chi connectivity index (χ3n) is 5.20. The van der Waals surface area contributed by atoms with Crippen molar-refractivity contribution in [2.75, 3.05) is 24.8 Å². The zero-order valence-corrected chi connectivity index (χ0v) is 23.2. The zero-order chi connectivity index (χ0) is 27.3. The van der Waals surface area contributed by atoms with Crippen LogP contribution >= 0.6 is 58.2 Å². The highest BCUT2D eigenvalue weighted by Gasteiger charge is 2.44. The lowest BCUT2D eigenvalue weighted by atomic mass is 9.78. The van der Waals surface area contributed by atoms with Crippen molar-refractivity contribution in [3.63, 3.8) is 0 Å². The van der Waals surface area contributed by atoms with E-state index < -0.39 is 29.6 Å². The van der Waals surface area contributed by atoms with Gasteiger partial charge in [-0.05, 0) is 42.8 Å². The molecule has 194 valence electrons. The second kappa shape index (κ2) is 12.8. The molecule has 0 radical (unpaired) electrons. The van der Waals surface area contributed by atoms with Crippen molar-refractivity contribution in [1.29, 1.82) is 5.26 Å². The molecule has 0 aromatic heterocycles. The summed E-state index contributed by atoms with van der Waals surface area (Å²) in [6.07, 6.45) is 0. The van der Waals surface area contributed by atoms with Gasteiger partial charge in [-0.2, -0.15) is 5.26 Å². The first-order chi connectivity index (χ1) is 17.6. The van der Waals surface area contributed by atoms with Crippen molar-refractivity contribution < 1.29 is 23.9 Å². The third kappa shape index (κ3) is 6.64. The fourth-order valence-corrected chi connectivity index (χ4v) is 5.55. The van der Waals surface area contributed by atoms with Gasteiger partial charge in [-0.25, -0.2) is 0 Å². The molecule has 1 aliphatic rings. The number of halogens is 4. The van der Waals surface area contributed by atoms with E-state index in [1.807, 2.05) is 0 Å². The SMILES string of the molecule is CCOc1c(Cl)cc([C@H]2C(C#N)=C(SCC(=O)Nc3ccc(Cl)cc3Cl)NC(=O)[C@@H]2C(=O)OC)cc1Cl. The maximum atomic E-state index is 13.0. The number of esters is 1. The van der Waals surface area contributed by atoms with E-state index in [1.165, 1.54) is 18.2 Å². The van der Waals surface area contributed by atoms with Gasteiger partial charge in [0, 0.05) is 10.9 Å². The summed E-state index contributed by atoms with van der Waals surface area (Å²) < 4.78 is 10.3. The lowest BCUT2D eigenvalue weighted by molar-refractivity contribution is -0.150. The molecule has 0 spiro atoms. The van der Waals surface area contributed by atoms with Crippen LogP contribution in [0.5, 0.6) is 5.75 Å². The van der Waals surface area contributed by atoms with Crippen LogP contribution in [0.25, 0.3) is 0 Å². The molecule has 0 unspecified atom stereocenters. The Labute approximate surface area is 237 Å². The minimum absolute atomic E-state index is 0.0358. The maximum absolute atomic E-state index is 13.0. The lowest BCUT2D eigenvalue weighted by Crippen LogP contribution is -2.44. The number of carbonyl (C=O) groups excluding carboxylic acids is 3. The number of hydrogen-bond acceptors (Lipinski definition) is 7. The number of anilines is 1. The average Bonchev–Trinajstić information content (AvgIpc) is 2.85. The van der Waals surface area contributed by atoms with E-state index in [0.717, 1.165) is 18.9 Å². The number of nitrogens with one attached hydrogen (secondary N) is 2. The summed E-state index contributed by atoms with van der Waals surface area (Å²) in [5, 5.41) is 16.3. The second-order valence-corrected chi connectivity index (χ2v) is 10.2. The Hall–Kier alpha value is -2.61. The lowest BCUT2D eigenvalue weighted by Gasteiger charge is -2.31. The summed E-state index contributed by atoms with van der Waals surface area (Å²) in [4.78, 5) is 38.2. The highest BCUT2D eigenvalue weighted by atomic mass is 35.5. The van der Waals surface area contributed by atoms with Crippen LogP contribution in [0, 0.1) is 17.2 Å². The average molecular weight is 603 g/mol. The van der Waals surface area contributed by atoms with Gasteiger partial charge >= 0.3 is 5.97 Å². The van der Waals surface area contributed by atoms with E-state index >= 15 is 0 Å². The van der Waals surface area contributed by atoms with Gasteiger partial charge in [-0.1, -0.05) is 58.2 Å². The van der Waals surface area contributed by atoms with Crippen LogP contribution in [-0.4, -0.2) is 37.3 Å². The monoisotopic (exact) mass is 601 g/mol. The van der Waals surface area contributed by atoms with E-state index in [1.54, 1.807) is 19.1 Å². The van der Waals surface area contributed by atoms with Gasteiger partial charge in [-0.15, -0.1) is 0 Å². The van der Waals surface area contributed by atoms with Crippen molar-refractivity contribution in [3.8, 4) is 11.8 Å². The number of amides is 2. The Morgan fingerprint density at radius 3 is 2.38 bits per heavy atom. The molecular formula is C24H19Cl4N3O5S. The van der Waals surface area contributed by atoms with Gasteiger partial charge < -0.3 is 20.1 Å². The number of ether oxygens (including phenoxy) is 2. The number of benzene rings is 2. The molecule has 1 heterocycles. The number of nitriles is 1. The van der Waals surface area contributed by atoms with E-state index in [9.17, 15) is 19.6 Å². The maximum Gasteiger partial charge on any atom is 0.319 e. The standard InChI is InChI=1S/C24H19Cl4N3O5S/c1-3-36-21-15(27)6-11(7-16(21)28)19-13(9-29)23(31-22(33)20(19)24(34)35-2)37-10-18(32)30-17-5-4-12(25)8-14(17)26/h4-8,19-20H,3,10H2,1-2H3,(H,30,32)(H,31,33)/t19-,20+/m0/s1. The van der Waals surface area contributed by atoms with Crippen LogP contribution in [0.15, 0.2) is 40.9 Å². The van der Waals surface area contributed by atoms with Crippen LogP contribution in [0.4, 0.5) is 5.69 Å². The van der Waals surface area contributed by atoms with Gasteiger partial charge in [0.2, 0.25) is 11.8 Å². The number of hydrogen-bond donors (Lipinski definition) is 2. The summed E-state index contributed by atoms with van der Waals surface area (Å²) in [6, 6.07) is 9.60. The normalized spacial score (nSPS) is 17.1. The summed E-state index contributed by atoms with van der Waals surface area (Å²) in [7, 11) is 1.14. The Kier molecular flexibility index (Phi) is 9.99. The predicted molar refractivity (Wildman–Crippen MR) is 144 cm³/mol. The van der Waals surface area contributed by atoms with Gasteiger partial charge in [-0.3, -0.25) is 14.4 Å². The van der Waals surface area contributed by atoms with Crippen LogP contribution < -0.4 is 15.4 Å². The third-order valence-corrected chi connectivity index (χ3v) is 7.33. The molecule has 2 aromatic rings. The van der Waals surface area contributed by atoms with E-state index in [0.29, 0.717) is 22.9 Å². The number of carbonyl (C=O) groups is 3. The van der Waals surface area contributed by atoms with Crippen LogP contribution in [0.1, 0.15) is 18.4 Å². The fraction of sp³-hybridized carbons (Fsp3) is 0.250. The van der Waals surface area contributed by atoms with Crippen molar-refractivity contribution >= 4 is 81.6 Å². The van der Waals surface area contributed by atoms with Crippen molar-refractivity contribution in [1.82, 2.24) is 5.32 Å². The largest absolute Gasteiger partial charge is 0.491 e. The molecule has 1 aliphatic heterocycles. The molecule has 2 aromatic carbocycles. The number of rotatable bonds is 8. The number of thioether (sulfide) groups is 1. The molecule has 2 amide bonds. The second-order valence-electron chi connectivity index (χ2n) is 7.53.